The van der Waals surface area contributed by atoms with Gasteiger partial charge in [0.25, 0.3) is 0 Å². The molecule has 0 amide bonds. The van der Waals surface area contributed by atoms with E-state index in [1.54, 1.807) is 13.2 Å². The van der Waals surface area contributed by atoms with Crippen LogP contribution in [0.2, 0.25) is 0 Å². The van der Waals surface area contributed by atoms with Gasteiger partial charge in [-0.1, -0.05) is 39.7 Å². The molecule has 0 fully saturated rings. The molecule has 0 radical (unpaired) electrons. The zero-order valence-electron chi connectivity index (χ0n) is 11.2. The van der Waals surface area contributed by atoms with E-state index in [9.17, 15) is 4.39 Å². The average Bonchev–Trinajstić information content (AvgIpc) is 2.38. The summed E-state index contributed by atoms with van der Waals surface area (Å²) in [6.07, 6.45) is 0. The number of ether oxygens (including phenoxy) is 1. The van der Waals surface area contributed by atoms with Crippen molar-refractivity contribution < 1.29 is 9.13 Å². The molecule has 1 nitrogen and oxygen atoms in total. The number of hydrogen-bond acceptors (Lipinski definition) is 1. The quantitative estimate of drug-likeness (QED) is 0.727. The van der Waals surface area contributed by atoms with Crippen molar-refractivity contribution in [3.8, 4) is 5.75 Å². The van der Waals surface area contributed by atoms with Gasteiger partial charge in [-0.3, -0.25) is 0 Å². The zero-order chi connectivity index (χ0) is 14.0. The highest BCUT2D eigenvalue weighted by molar-refractivity contribution is 9.09. The number of rotatable bonds is 3. The van der Waals surface area contributed by atoms with Crippen molar-refractivity contribution in [2.45, 2.75) is 18.7 Å². The molecular formula is C16H16BrFO. The Kier molecular flexibility index (Phi) is 4.25. The first kappa shape index (κ1) is 14.1. The van der Waals surface area contributed by atoms with Gasteiger partial charge in [-0.25, -0.2) is 4.39 Å². The SMILES string of the molecule is COc1ccc(C)cc1C(Br)c1ccc(F)cc1C. The van der Waals surface area contributed by atoms with Crippen LogP contribution in [0.15, 0.2) is 36.4 Å². The van der Waals surface area contributed by atoms with E-state index in [1.807, 2.05) is 32.0 Å². The standard InChI is InChI=1S/C16H16BrFO/c1-10-4-7-15(19-3)14(8-10)16(17)13-6-5-12(18)9-11(13)2/h4-9,16H,1-3H3. The molecule has 0 saturated heterocycles. The Morgan fingerprint density at radius 3 is 2.42 bits per heavy atom. The zero-order valence-corrected chi connectivity index (χ0v) is 12.8. The molecule has 2 aromatic carbocycles. The van der Waals surface area contributed by atoms with E-state index in [2.05, 4.69) is 22.0 Å². The predicted octanol–water partition coefficient (Wildman–Crippen LogP) is 4.94. The van der Waals surface area contributed by atoms with Gasteiger partial charge in [-0.05, 0) is 43.2 Å². The Morgan fingerprint density at radius 2 is 1.79 bits per heavy atom. The van der Waals surface area contributed by atoms with Crippen LogP contribution in [0.3, 0.4) is 0 Å². The second-order valence-electron chi connectivity index (χ2n) is 4.61. The number of alkyl halides is 1. The summed E-state index contributed by atoms with van der Waals surface area (Å²) in [7, 11) is 1.66. The number of hydrogen-bond donors (Lipinski definition) is 0. The van der Waals surface area contributed by atoms with Crippen LogP contribution in [0.25, 0.3) is 0 Å². The molecule has 0 aliphatic heterocycles. The van der Waals surface area contributed by atoms with Gasteiger partial charge in [0.15, 0.2) is 0 Å². The second kappa shape index (κ2) is 5.74. The van der Waals surface area contributed by atoms with E-state index in [-0.39, 0.29) is 10.6 Å². The van der Waals surface area contributed by atoms with E-state index < -0.39 is 0 Å². The summed E-state index contributed by atoms with van der Waals surface area (Å²) in [6, 6.07) is 10.9. The van der Waals surface area contributed by atoms with E-state index >= 15 is 0 Å². The molecule has 0 heterocycles. The van der Waals surface area contributed by atoms with Crippen LogP contribution in [-0.2, 0) is 0 Å². The minimum atomic E-state index is -0.211. The monoisotopic (exact) mass is 322 g/mol. The fourth-order valence-electron chi connectivity index (χ4n) is 2.14. The van der Waals surface area contributed by atoms with Crippen molar-refractivity contribution in [2.75, 3.05) is 7.11 Å². The van der Waals surface area contributed by atoms with Crippen molar-refractivity contribution >= 4 is 15.9 Å². The van der Waals surface area contributed by atoms with Gasteiger partial charge in [0, 0.05) is 5.56 Å². The minimum absolute atomic E-state index is 0.0112. The lowest BCUT2D eigenvalue weighted by molar-refractivity contribution is 0.410. The Bertz CT molecular complexity index is 595. The van der Waals surface area contributed by atoms with Crippen LogP contribution in [-0.4, -0.2) is 7.11 Å². The molecule has 0 saturated carbocycles. The third kappa shape index (κ3) is 2.98. The predicted molar refractivity (Wildman–Crippen MR) is 79.6 cm³/mol. The normalized spacial score (nSPS) is 12.3. The molecule has 2 aromatic rings. The van der Waals surface area contributed by atoms with Gasteiger partial charge in [0.05, 0.1) is 11.9 Å². The molecule has 0 aromatic heterocycles. The molecule has 3 heteroatoms. The minimum Gasteiger partial charge on any atom is -0.496 e. The van der Waals surface area contributed by atoms with Crippen molar-refractivity contribution in [1.82, 2.24) is 0 Å². The first-order chi connectivity index (χ1) is 9.02. The van der Waals surface area contributed by atoms with Crippen LogP contribution in [0.4, 0.5) is 4.39 Å². The number of halogens is 2. The molecule has 0 aliphatic rings. The second-order valence-corrected chi connectivity index (χ2v) is 5.52. The smallest absolute Gasteiger partial charge is 0.123 e. The molecule has 19 heavy (non-hydrogen) atoms. The van der Waals surface area contributed by atoms with Gasteiger partial charge >= 0.3 is 0 Å². The summed E-state index contributed by atoms with van der Waals surface area (Å²) in [5.41, 5.74) is 4.19. The molecular weight excluding hydrogens is 307 g/mol. The summed E-state index contributed by atoms with van der Waals surface area (Å²) < 4.78 is 18.6. The highest BCUT2D eigenvalue weighted by Crippen LogP contribution is 2.38. The maximum Gasteiger partial charge on any atom is 0.123 e. The largest absolute Gasteiger partial charge is 0.496 e. The van der Waals surface area contributed by atoms with Crippen LogP contribution in [0.5, 0.6) is 5.75 Å². The molecule has 0 bridgehead atoms. The Balaban J connectivity index is 2.49. The fraction of sp³-hybridized carbons (Fsp3) is 0.250. The summed E-state index contributed by atoms with van der Waals surface area (Å²) >= 11 is 3.69. The third-order valence-electron chi connectivity index (χ3n) is 3.16. The van der Waals surface area contributed by atoms with Crippen LogP contribution in [0.1, 0.15) is 27.1 Å². The molecule has 0 N–H and O–H groups in total. The lowest BCUT2D eigenvalue weighted by Gasteiger charge is -2.17. The highest BCUT2D eigenvalue weighted by atomic mass is 79.9. The third-order valence-corrected chi connectivity index (χ3v) is 4.15. The Morgan fingerprint density at radius 1 is 1.05 bits per heavy atom. The van der Waals surface area contributed by atoms with Crippen molar-refractivity contribution in [3.63, 3.8) is 0 Å². The molecule has 0 spiro atoms. The molecule has 100 valence electrons. The van der Waals surface area contributed by atoms with E-state index in [4.69, 9.17) is 4.74 Å². The van der Waals surface area contributed by atoms with Crippen LogP contribution in [0, 0.1) is 19.7 Å². The highest BCUT2D eigenvalue weighted by Gasteiger charge is 2.17. The average molecular weight is 323 g/mol. The number of aryl methyl sites for hydroxylation is 2. The molecule has 1 unspecified atom stereocenters. The van der Waals surface area contributed by atoms with Crippen molar-refractivity contribution in [1.29, 1.82) is 0 Å². The first-order valence-corrected chi connectivity index (χ1v) is 6.99. The van der Waals surface area contributed by atoms with Gasteiger partial charge in [0.2, 0.25) is 0 Å². The Labute approximate surface area is 121 Å². The lowest BCUT2D eigenvalue weighted by Crippen LogP contribution is -2.00. The van der Waals surface area contributed by atoms with E-state index in [0.29, 0.717) is 0 Å². The summed E-state index contributed by atoms with van der Waals surface area (Å²) in [4.78, 5) is -0.0112. The van der Waals surface area contributed by atoms with Crippen LogP contribution >= 0.6 is 15.9 Å². The summed E-state index contributed by atoms with van der Waals surface area (Å²) in [5, 5.41) is 0. The maximum absolute atomic E-state index is 13.2. The van der Waals surface area contributed by atoms with Crippen molar-refractivity contribution in [3.05, 3.63) is 64.5 Å². The molecule has 2 rings (SSSR count). The fourth-order valence-corrected chi connectivity index (χ4v) is 3.01. The van der Waals surface area contributed by atoms with Gasteiger partial charge < -0.3 is 4.74 Å². The number of methoxy groups -OCH3 is 1. The molecule has 1 atom stereocenters. The number of benzene rings is 2. The van der Waals surface area contributed by atoms with Gasteiger partial charge in [-0.2, -0.15) is 0 Å². The lowest BCUT2D eigenvalue weighted by atomic mass is 9.98. The topological polar surface area (TPSA) is 9.23 Å². The first-order valence-electron chi connectivity index (χ1n) is 6.07. The van der Waals surface area contributed by atoms with Gasteiger partial charge in [-0.15, -0.1) is 0 Å². The van der Waals surface area contributed by atoms with E-state index in [0.717, 1.165) is 22.4 Å². The summed E-state index contributed by atoms with van der Waals surface area (Å²) in [6.45, 7) is 3.95. The van der Waals surface area contributed by atoms with Crippen molar-refractivity contribution in [2.24, 2.45) is 0 Å². The summed E-state index contributed by atoms with van der Waals surface area (Å²) in [5.74, 6) is 0.619. The van der Waals surface area contributed by atoms with Crippen LogP contribution < -0.4 is 4.74 Å². The van der Waals surface area contributed by atoms with Gasteiger partial charge in [0.1, 0.15) is 11.6 Å². The Hall–Kier alpha value is -1.35. The van der Waals surface area contributed by atoms with E-state index in [1.165, 1.54) is 11.6 Å². The maximum atomic E-state index is 13.2. The molecule has 0 aliphatic carbocycles.